The fourth-order valence-corrected chi connectivity index (χ4v) is 2.45. The highest BCUT2D eigenvalue weighted by molar-refractivity contribution is 6.03. The van der Waals surface area contributed by atoms with Crippen molar-refractivity contribution < 1.29 is 9.32 Å². The average Bonchev–Trinajstić information content (AvgIpc) is 3.05. The maximum absolute atomic E-state index is 12.2. The van der Waals surface area contributed by atoms with E-state index in [2.05, 4.69) is 41.0 Å². The Labute approximate surface area is 128 Å². The van der Waals surface area contributed by atoms with E-state index in [1.165, 1.54) is 0 Å². The fraction of sp³-hybridized carbons (Fsp3) is 0.176. The van der Waals surface area contributed by atoms with Crippen LogP contribution in [0.5, 0.6) is 0 Å². The van der Waals surface area contributed by atoms with Gasteiger partial charge in [-0.1, -0.05) is 5.16 Å². The molecule has 22 heavy (non-hydrogen) atoms. The van der Waals surface area contributed by atoms with Gasteiger partial charge in [-0.15, -0.1) is 0 Å². The Morgan fingerprint density at radius 2 is 1.68 bits per heavy atom. The summed E-state index contributed by atoms with van der Waals surface area (Å²) in [5.41, 5.74) is 3.93. The van der Waals surface area contributed by atoms with Gasteiger partial charge in [-0.2, -0.15) is 0 Å². The number of hydrogen-bond acceptors (Lipinski definition) is 3. The Morgan fingerprint density at radius 1 is 1.05 bits per heavy atom. The summed E-state index contributed by atoms with van der Waals surface area (Å²) in [4.78, 5) is 12.2. The van der Waals surface area contributed by atoms with E-state index in [-0.39, 0.29) is 5.91 Å². The Kier molecular flexibility index (Phi) is 3.55. The van der Waals surface area contributed by atoms with Crippen molar-refractivity contribution in [3.63, 3.8) is 0 Å². The zero-order valence-corrected chi connectivity index (χ0v) is 12.8. The van der Waals surface area contributed by atoms with Crippen molar-refractivity contribution >= 4 is 11.7 Å². The van der Waals surface area contributed by atoms with Crippen LogP contribution >= 0.6 is 0 Å². The quantitative estimate of drug-likeness (QED) is 0.802. The molecule has 0 spiro atoms. The molecule has 1 amide bonds. The number of aromatic nitrogens is 2. The van der Waals surface area contributed by atoms with E-state index in [0.717, 1.165) is 17.1 Å². The first-order valence-electron chi connectivity index (χ1n) is 7.04. The minimum absolute atomic E-state index is 0.208. The fourth-order valence-electron chi connectivity index (χ4n) is 2.45. The van der Waals surface area contributed by atoms with Crippen LogP contribution in [0, 0.1) is 20.8 Å². The standard InChI is InChI=1S/C17H17N3O2/c1-11-4-5-12(2)20(11)15-8-6-14(7-9-15)17(21)18-16-10-13(3)22-19-16/h4-10H,1-3H3,(H,18,19,21). The molecule has 1 aromatic carbocycles. The lowest BCUT2D eigenvalue weighted by atomic mass is 10.2. The maximum Gasteiger partial charge on any atom is 0.256 e. The lowest BCUT2D eigenvalue weighted by Crippen LogP contribution is -2.12. The average molecular weight is 295 g/mol. The molecule has 0 aliphatic heterocycles. The van der Waals surface area contributed by atoms with Crippen LogP contribution in [-0.4, -0.2) is 15.6 Å². The highest BCUT2D eigenvalue weighted by Crippen LogP contribution is 2.17. The number of hydrogen-bond donors (Lipinski definition) is 1. The summed E-state index contributed by atoms with van der Waals surface area (Å²) in [5, 5.41) is 6.46. The first kappa shape index (κ1) is 14.1. The van der Waals surface area contributed by atoms with Gasteiger partial charge in [-0.05, 0) is 57.2 Å². The second kappa shape index (κ2) is 5.52. The lowest BCUT2D eigenvalue weighted by molar-refractivity contribution is 0.102. The molecule has 0 unspecified atom stereocenters. The van der Waals surface area contributed by atoms with Gasteiger partial charge < -0.3 is 14.4 Å². The van der Waals surface area contributed by atoms with Gasteiger partial charge in [0.1, 0.15) is 5.76 Å². The molecule has 112 valence electrons. The van der Waals surface area contributed by atoms with Gasteiger partial charge in [0.25, 0.3) is 5.91 Å². The van der Waals surface area contributed by atoms with Crippen LogP contribution in [0.4, 0.5) is 5.82 Å². The largest absolute Gasteiger partial charge is 0.360 e. The van der Waals surface area contributed by atoms with Gasteiger partial charge in [0.2, 0.25) is 0 Å². The van der Waals surface area contributed by atoms with Crippen molar-refractivity contribution in [2.24, 2.45) is 0 Å². The molecule has 0 saturated heterocycles. The van der Waals surface area contributed by atoms with Gasteiger partial charge in [-0.25, -0.2) is 0 Å². The van der Waals surface area contributed by atoms with Crippen molar-refractivity contribution in [3.05, 3.63) is 65.2 Å². The Bertz CT molecular complexity index is 793. The molecule has 0 aliphatic carbocycles. The van der Waals surface area contributed by atoms with Crippen molar-refractivity contribution in [3.8, 4) is 5.69 Å². The molecule has 1 N–H and O–H groups in total. The van der Waals surface area contributed by atoms with Crippen LogP contribution < -0.4 is 5.32 Å². The van der Waals surface area contributed by atoms with Crippen LogP contribution in [0.25, 0.3) is 5.69 Å². The maximum atomic E-state index is 12.2. The van der Waals surface area contributed by atoms with Gasteiger partial charge in [0.15, 0.2) is 5.82 Å². The zero-order chi connectivity index (χ0) is 15.7. The molecule has 5 nitrogen and oxygen atoms in total. The van der Waals surface area contributed by atoms with Gasteiger partial charge >= 0.3 is 0 Å². The number of benzene rings is 1. The van der Waals surface area contributed by atoms with Crippen LogP contribution in [0.15, 0.2) is 47.0 Å². The van der Waals surface area contributed by atoms with Gasteiger partial charge in [0, 0.05) is 28.7 Å². The molecule has 0 fully saturated rings. The normalized spacial score (nSPS) is 10.7. The van der Waals surface area contributed by atoms with Crippen molar-refractivity contribution in [2.45, 2.75) is 20.8 Å². The third-order valence-corrected chi connectivity index (χ3v) is 3.53. The predicted octanol–water partition coefficient (Wildman–Crippen LogP) is 3.64. The minimum Gasteiger partial charge on any atom is -0.360 e. The molecule has 2 aromatic heterocycles. The molecular formula is C17H17N3O2. The van der Waals surface area contributed by atoms with Gasteiger partial charge in [-0.3, -0.25) is 4.79 Å². The molecular weight excluding hydrogens is 278 g/mol. The second-order valence-corrected chi connectivity index (χ2v) is 5.28. The predicted molar refractivity (Wildman–Crippen MR) is 84.4 cm³/mol. The smallest absolute Gasteiger partial charge is 0.256 e. The highest BCUT2D eigenvalue weighted by Gasteiger charge is 2.10. The van der Waals surface area contributed by atoms with Crippen molar-refractivity contribution in [1.82, 2.24) is 9.72 Å². The summed E-state index contributed by atoms with van der Waals surface area (Å²) in [6.45, 7) is 5.89. The number of nitrogens with one attached hydrogen (secondary N) is 1. The van der Waals surface area contributed by atoms with E-state index in [4.69, 9.17) is 4.52 Å². The third-order valence-electron chi connectivity index (χ3n) is 3.53. The number of aryl methyl sites for hydroxylation is 3. The molecule has 2 heterocycles. The molecule has 3 rings (SSSR count). The summed E-state index contributed by atoms with van der Waals surface area (Å²) in [6, 6.07) is 13.3. The molecule has 0 radical (unpaired) electrons. The monoisotopic (exact) mass is 295 g/mol. The second-order valence-electron chi connectivity index (χ2n) is 5.28. The minimum atomic E-state index is -0.208. The molecule has 0 saturated carbocycles. The summed E-state index contributed by atoms with van der Waals surface area (Å²) >= 11 is 0. The number of anilines is 1. The molecule has 5 heteroatoms. The number of amides is 1. The zero-order valence-electron chi connectivity index (χ0n) is 12.8. The van der Waals surface area contributed by atoms with Gasteiger partial charge in [0.05, 0.1) is 0 Å². The summed E-state index contributed by atoms with van der Waals surface area (Å²) < 4.78 is 7.07. The number of carbonyl (C=O) groups excluding carboxylic acids is 1. The summed E-state index contributed by atoms with van der Waals surface area (Å²) in [5.74, 6) is 0.869. The van der Waals surface area contributed by atoms with Crippen LogP contribution in [0.2, 0.25) is 0 Å². The third kappa shape index (κ3) is 2.65. The van der Waals surface area contributed by atoms with Crippen molar-refractivity contribution in [1.29, 1.82) is 0 Å². The topological polar surface area (TPSA) is 60.1 Å². The first-order valence-corrected chi connectivity index (χ1v) is 7.04. The van der Waals surface area contributed by atoms with E-state index in [0.29, 0.717) is 17.1 Å². The van der Waals surface area contributed by atoms with Crippen LogP contribution in [0.1, 0.15) is 27.5 Å². The van der Waals surface area contributed by atoms with E-state index in [1.54, 1.807) is 25.1 Å². The Balaban J connectivity index is 1.81. The Hall–Kier alpha value is -2.82. The molecule has 0 atom stereocenters. The van der Waals surface area contributed by atoms with E-state index in [1.807, 2.05) is 12.1 Å². The Morgan fingerprint density at radius 3 is 2.23 bits per heavy atom. The lowest BCUT2D eigenvalue weighted by Gasteiger charge is -2.10. The highest BCUT2D eigenvalue weighted by atomic mass is 16.5. The van der Waals surface area contributed by atoms with E-state index < -0.39 is 0 Å². The molecule has 0 bridgehead atoms. The van der Waals surface area contributed by atoms with Crippen molar-refractivity contribution in [2.75, 3.05) is 5.32 Å². The SMILES string of the molecule is Cc1cc(NC(=O)c2ccc(-n3c(C)ccc3C)cc2)no1. The molecule has 0 aliphatic rings. The summed E-state index contributed by atoms with van der Waals surface area (Å²) in [7, 11) is 0. The van der Waals surface area contributed by atoms with E-state index in [9.17, 15) is 4.79 Å². The number of rotatable bonds is 3. The van der Waals surface area contributed by atoms with Crippen LogP contribution in [0.3, 0.4) is 0 Å². The van der Waals surface area contributed by atoms with Crippen LogP contribution in [-0.2, 0) is 0 Å². The summed E-state index contributed by atoms with van der Waals surface area (Å²) in [6.07, 6.45) is 0. The molecule has 3 aromatic rings. The number of nitrogens with zero attached hydrogens (tertiary/aromatic N) is 2. The number of carbonyl (C=O) groups is 1. The van der Waals surface area contributed by atoms with E-state index >= 15 is 0 Å². The first-order chi connectivity index (χ1) is 10.5.